The minimum atomic E-state index is -2.06. The van der Waals surface area contributed by atoms with E-state index in [1.807, 2.05) is 0 Å². The van der Waals surface area contributed by atoms with E-state index in [2.05, 4.69) is 30.9 Å². The first-order chi connectivity index (χ1) is 11.8. The predicted molar refractivity (Wildman–Crippen MR) is 108 cm³/mol. The zero-order valence-corrected chi connectivity index (χ0v) is 19.5. The van der Waals surface area contributed by atoms with E-state index in [1.54, 1.807) is 13.3 Å². The maximum atomic E-state index is 5.89. The van der Waals surface area contributed by atoms with Gasteiger partial charge in [0.1, 0.15) is 0 Å². The Hall–Kier alpha value is 0.459. The minimum absolute atomic E-state index is 0.0701. The monoisotopic (exact) mass is 446 g/mol. The molecule has 2 nitrogen and oxygen atoms in total. The summed E-state index contributed by atoms with van der Waals surface area (Å²) in [5, 5.41) is 0. The second-order valence-corrected chi connectivity index (χ2v) is 20.5. The van der Waals surface area contributed by atoms with Crippen LogP contribution in [0.15, 0.2) is 10.2 Å². The van der Waals surface area contributed by atoms with Gasteiger partial charge in [-0.15, -0.1) is 0 Å². The Morgan fingerprint density at radius 3 is 2.08 bits per heavy atom. The van der Waals surface area contributed by atoms with Crippen molar-refractivity contribution in [1.82, 2.24) is 0 Å². The van der Waals surface area contributed by atoms with E-state index in [4.69, 9.17) is 9.47 Å². The van der Waals surface area contributed by atoms with Crippen LogP contribution < -0.4 is 0 Å². The summed E-state index contributed by atoms with van der Waals surface area (Å²) in [5.41, 5.74) is 0. The van der Waals surface area contributed by atoms with E-state index in [0.29, 0.717) is 0 Å². The summed E-state index contributed by atoms with van der Waals surface area (Å²) in [4.78, 5) is 0. The van der Waals surface area contributed by atoms with Gasteiger partial charge in [-0.05, 0) is 0 Å². The standard InChI is InChI=1S/C9H15O2.3C4H9.Sn/c1-2-3-7-10-9-6-4-5-8-11-9;3*1-3-4-2;/h1-2,9H,3-8H2;3*1,3-4H2,2H3;. The van der Waals surface area contributed by atoms with Gasteiger partial charge in [-0.3, -0.25) is 0 Å². The molecule has 1 saturated heterocycles. The molecule has 1 aliphatic heterocycles. The maximum absolute atomic E-state index is 5.89. The molecule has 0 N–H and O–H groups in total. The van der Waals surface area contributed by atoms with Crippen LogP contribution in [0.2, 0.25) is 13.3 Å². The van der Waals surface area contributed by atoms with Crippen molar-refractivity contribution in [3.05, 3.63) is 10.2 Å². The van der Waals surface area contributed by atoms with Crippen LogP contribution in [-0.2, 0) is 9.47 Å². The topological polar surface area (TPSA) is 18.5 Å². The Kier molecular flexibility index (Phi) is 13.7. The van der Waals surface area contributed by atoms with E-state index in [-0.39, 0.29) is 6.29 Å². The van der Waals surface area contributed by atoms with E-state index in [0.717, 1.165) is 26.1 Å². The first kappa shape index (κ1) is 22.5. The van der Waals surface area contributed by atoms with Crippen LogP contribution in [0.3, 0.4) is 0 Å². The van der Waals surface area contributed by atoms with Gasteiger partial charge < -0.3 is 0 Å². The molecule has 0 aromatic heterocycles. The van der Waals surface area contributed by atoms with Gasteiger partial charge >= 0.3 is 156 Å². The van der Waals surface area contributed by atoms with Crippen molar-refractivity contribution in [2.75, 3.05) is 13.2 Å². The molecule has 1 aliphatic rings. The van der Waals surface area contributed by atoms with Gasteiger partial charge in [-0.1, -0.05) is 0 Å². The number of ether oxygens (including phenoxy) is 2. The van der Waals surface area contributed by atoms with Crippen LogP contribution in [0.1, 0.15) is 85.0 Å². The van der Waals surface area contributed by atoms with Crippen molar-refractivity contribution in [3.63, 3.8) is 0 Å². The summed E-state index contributed by atoms with van der Waals surface area (Å²) >= 11 is -2.06. The number of hydrogen-bond acceptors (Lipinski definition) is 2. The third kappa shape index (κ3) is 9.82. The van der Waals surface area contributed by atoms with Crippen molar-refractivity contribution in [2.24, 2.45) is 0 Å². The van der Waals surface area contributed by atoms with Gasteiger partial charge in [0, 0.05) is 0 Å². The van der Waals surface area contributed by atoms with Crippen molar-refractivity contribution in [2.45, 2.75) is 105 Å². The number of unbranched alkanes of at least 4 members (excludes halogenated alkanes) is 3. The number of hydrogen-bond donors (Lipinski definition) is 0. The molecule has 0 saturated carbocycles. The molecule has 0 radical (unpaired) electrons. The molecule has 1 unspecified atom stereocenters. The first-order valence-electron chi connectivity index (χ1n) is 10.7. The normalized spacial score (nSPS) is 19.2. The SMILES string of the molecule is CCC[CH2][Sn](/[CH]=C/CCOC1CCCCO1)([CH2]CCC)[CH2]CCC. The van der Waals surface area contributed by atoms with Gasteiger partial charge in [-0.2, -0.15) is 0 Å². The molecule has 0 bridgehead atoms. The molecule has 24 heavy (non-hydrogen) atoms. The zero-order chi connectivity index (χ0) is 17.5. The Morgan fingerprint density at radius 2 is 1.58 bits per heavy atom. The molecule has 3 heteroatoms. The van der Waals surface area contributed by atoms with E-state index in [9.17, 15) is 0 Å². The molecule has 0 aliphatic carbocycles. The second-order valence-electron chi connectivity index (χ2n) is 7.53. The average molecular weight is 445 g/mol. The Bertz CT molecular complexity index is 289. The van der Waals surface area contributed by atoms with Crippen LogP contribution in [0.4, 0.5) is 0 Å². The third-order valence-electron chi connectivity index (χ3n) is 5.28. The van der Waals surface area contributed by atoms with Gasteiger partial charge in [0.25, 0.3) is 0 Å². The molecule has 1 fully saturated rings. The van der Waals surface area contributed by atoms with E-state index < -0.39 is 18.4 Å². The summed E-state index contributed by atoms with van der Waals surface area (Å²) in [6.45, 7) is 8.75. The van der Waals surface area contributed by atoms with E-state index >= 15 is 0 Å². The fourth-order valence-electron chi connectivity index (χ4n) is 3.66. The molecule has 0 aromatic rings. The number of rotatable bonds is 14. The first-order valence-corrected chi connectivity index (χ1v) is 18.4. The summed E-state index contributed by atoms with van der Waals surface area (Å²) in [6, 6.07) is 0. The van der Waals surface area contributed by atoms with Crippen LogP contribution >= 0.6 is 0 Å². The third-order valence-corrected chi connectivity index (χ3v) is 19.5. The average Bonchev–Trinajstić information content (AvgIpc) is 2.63. The Balaban J connectivity index is 2.46. The molecule has 1 atom stereocenters. The van der Waals surface area contributed by atoms with Crippen LogP contribution in [-0.4, -0.2) is 37.9 Å². The molecular weight excluding hydrogens is 403 g/mol. The summed E-state index contributed by atoms with van der Waals surface area (Å²) in [7, 11) is 0. The summed E-state index contributed by atoms with van der Waals surface area (Å²) in [6.07, 6.45) is 15.6. The van der Waals surface area contributed by atoms with Gasteiger partial charge in [0.15, 0.2) is 0 Å². The van der Waals surface area contributed by atoms with E-state index in [1.165, 1.54) is 51.4 Å². The second kappa shape index (κ2) is 14.6. The van der Waals surface area contributed by atoms with Crippen LogP contribution in [0, 0.1) is 0 Å². The fraction of sp³-hybridized carbons (Fsp3) is 0.905. The summed E-state index contributed by atoms with van der Waals surface area (Å²) in [5.74, 6) is 0. The van der Waals surface area contributed by atoms with Crippen LogP contribution in [0.5, 0.6) is 0 Å². The molecule has 0 aromatic carbocycles. The van der Waals surface area contributed by atoms with Crippen LogP contribution in [0.25, 0.3) is 0 Å². The van der Waals surface area contributed by atoms with Gasteiger partial charge in [0.05, 0.1) is 0 Å². The summed E-state index contributed by atoms with van der Waals surface area (Å²) < 4.78 is 19.0. The Labute approximate surface area is 155 Å². The Morgan fingerprint density at radius 1 is 0.958 bits per heavy atom. The van der Waals surface area contributed by atoms with Crippen molar-refractivity contribution >= 4 is 18.4 Å². The molecule has 142 valence electrons. The molecule has 0 spiro atoms. The quantitative estimate of drug-likeness (QED) is 0.215. The van der Waals surface area contributed by atoms with Crippen molar-refractivity contribution in [3.8, 4) is 0 Å². The molecular formula is C21H42O2Sn. The predicted octanol–water partition coefficient (Wildman–Crippen LogP) is 6.86. The zero-order valence-electron chi connectivity index (χ0n) is 16.7. The molecule has 1 rings (SSSR count). The molecule has 1 heterocycles. The molecule has 0 amide bonds. The van der Waals surface area contributed by atoms with Gasteiger partial charge in [0.2, 0.25) is 0 Å². The van der Waals surface area contributed by atoms with Crippen molar-refractivity contribution < 1.29 is 9.47 Å². The van der Waals surface area contributed by atoms with Gasteiger partial charge in [-0.25, -0.2) is 0 Å². The fourth-order valence-corrected chi connectivity index (χ4v) is 18.2. The van der Waals surface area contributed by atoms with Crippen molar-refractivity contribution in [1.29, 1.82) is 0 Å².